The first-order valence-electron chi connectivity index (χ1n) is 11.0. The van der Waals surface area contributed by atoms with Crippen LogP contribution >= 0.6 is 0 Å². The molecule has 0 N–H and O–H groups in total. The van der Waals surface area contributed by atoms with E-state index in [0.717, 1.165) is 57.8 Å². The summed E-state index contributed by atoms with van der Waals surface area (Å²) in [6.07, 6.45) is 13.9. The maximum absolute atomic E-state index is 12.6. The van der Waals surface area contributed by atoms with Gasteiger partial charge in [-0.15, -0.1) is 0 Å². The SMILES string of the molecule is CCCc1ccc(C2CCC(C(=O)OC3CCC(/C=C/C#N)CC3)CC2)cc1. The fourth-order valence-electron chi connectivity index (χ4n) is 4.75. The van der Waals surface area contributed by atoms with E-state index in [4.69, 9.17) is 10.00 Å². The summed E-state index contributed by atoms with van der Waals surface area (Å²) in [6.45, 7) is 2.21. The number of allylic oxidation sites excluding steroid dienone is 2. The molecule has 2 aliphatic rings. The molecule has 3 heteroatoms. The van der Waals surface area contributed by atoms with Crippen LogP contribution in [0.25, 0.3) is 0 Å². The van der Waals surface area contributed by atoms with Gasteiger partial charge in [-0.25, -0.2) is 0 Å². The van der Waals surface area contributed by atoms with E-state index in [1.165, 1.54) is 17.5 Å². The van der Waals surface area contributed by atoms with Gasteiger partial charge in [-0.2, -0.15) is 5.26 Å². The van der Waals surface area contributed by atoms with Crippen LogP contribution in [0.3, 0.4) is 0 Å². The topological polar surface area (TPSA) is 50.1 Å². The van der Waals surface area contributed by atoms with E-state index in [-0.39, 0.29) is 18.0 Å². The second-order valence-electron chi connectivity index (χ2n) is 8.50. The van der Waals surface area contributed by atoms with Crippen molar-refractivity contribution < 1.29 is 9.53 Å². The zero-order valence-corrected chi connectivity index (χ0v) is 17.1. The molecular weight excluding hydrogens is 346 g/mol. The number of hydrogen-bond acceptors (Lipinski definition) is 3. The number of nitriles is 1. The average Bonchev–Trinajstić information content (AvgIpc) is 2.74. The van der Waals surface area contributed by atoms with Crippen LogP contribution < -0.4 is 0 Å². The molecule has 1 aromatic carbocycles. The maximum Gasteiger partial charge on any atom is 0.309 e. The predicted molar refractivity (Wildman–Crippen MR) is 112 cm³/mol. The van der Waals surface area contributed by atoms with E-state index >= 15 is 0 Å². The lowest BCUT2D eigenvalue weighted by Gasteiger charge is -2.31. The molecule has 1 aromatic rings. The number of benzene rings is 1. The summed E-state index contributed by atoms with van der Waals surface area (Å²) in [4.78, 5) is 12.6. The molecule has 0 heterocycles. The van der Waals surface area contributed by atoms with Crippen LogP contribution in [0.15, 0.2) is 36.4 Å². The highest BCUT2D eigenvalue weighted by Crippen LogP contribution is 2.37. The van der Waals surface area contributed by atoms with Crippen LogP contribution in [0, 0.1) is 23.2 Å². The van der Waals surface area contributed by atoms with Crippen molar-refractivity contribution in [3.05, 3.63) is 47.5 Å². The zero-order chi connectivity index (χ0) is 19.8. The smallest absolute Gasteiger partial charge is 0.309 e. The molecule has 0 bridgehead atoms. The first-order valence-corrected chi connectivity index (χ1v) is 11.0. The van der Waals surface area contributed by atoms with Gasteiger partial charge in [-0.3, -0.25) is 4.79 Å². The minimum Gasteiger partial charge on any atom is -0.462 e. The highest BCUT2D eigenvalue weighted by Gasteiger charge is 2.30. The largest absolute Gasteiger partial charge is 0.462 e. The molecular formula is C25H33NO2. The molecule has 0 amide bonds. The maximum atomic E-state index is 12.6. The number of hydrogen-bond donors (Lipinski definition) is 0. The third kappa shape index (κ3) is 5.71. The van der Waals surface area contributed by atoms with Crippen molar-refractivity contribution in [2.75, 3.05) is 0 Å². The quantitative estimate of drug-likeness (QED) is 0.443. The third-order valence-corrected chi connectivity index (χ3v) is 6.49. The fourth-order valence-corrected chi connectivity index (χ4v) is 4.75. The highest BCUT2D eigenvalue weighted by molar-refractivity contribution is 5.72. The number of carbonyl (C=O) groups excluding carboxylic acids is 1. The van der Waals surface area contributed by atoms with Gasteiger partial charge in [-0.1, -0.05) is 43.7 Å². The van der Waals surface area contributed by atoms with E-state index in [1.54, 1.807) is 6.08 Å². The second-order valence-corrected chi connectivity index (χ2v) is 8.50. The Morgan fingerprint density at radius 1 is 1.07 bits per heavy atom. The zero-order valence-electron chi connectivity index (χ0n) is 17.1. The van der Waals surface area contributed by atoms with Crippen molar-refractivity contribution in [2.24, 2.45) is 11.8 Å². The van der Waals surface area contributed by atoms with Crippen LogP contribution in [0.4, 0.5) is 0 Å². The second kappa shape index (κ2) is 10.5. The Balaban J connectivity index is 1.41. The Kier molecular flexibility index (Phi) is 7.71. The Morgan fingerprint density at radius 3 is 2.36 bits per heavy atom. The van der Waals surface area contributed by atoms with Crippen molar-refractivity contribution in [1.82, 2.24) is 0 Å². The van der Waals surface area contributed by atoms with Gasteiger partial charge in [0, 0.05) is 6.08 Å². The molecule has 3 nitrogen and oxygen atoms in total. The Labute approximate surface area is 169 Å². The Morgan fingerprint density at radius 2 is 1.75 bits per heavy atom. The molecule has 0 radical (unpaired) electrons. The summed E-state index contributed by atoms with van der Waals surface area (Å²) in [7, 11) is 0. The van der Waals surface area contributed by atoms with Crippen molar-refractivity contribution in [3.63, 3.8) is 0 Å². The lowest BCUT2D eigenvalue weighted by molar-refractivity contribution is -0.157. The molecule has 2 aliphatic carbocycles. The molecule has 0 saturated heterocycles. The third-order valence-electron chi connectivity index (χ3n) is 6.49. The van der Waals surface area contributed by atoms with Gasteiger partial charge in [-0.05, 0) is 80.8 Å². The lowest BCUT2D eigenvalue weighted by atomic mass is 9.78. The fraction of sp³-hybridized carbons (Fsp3) is 0.600. The Bertz CT molecular complexity index is 684. The van der Waals surface area contributed by atoms with Crippen molar-refractivity contribution in [2.45, 2.75) is 83.2 Å². The van der Waals surface area contributed by atoms with Gasteiger partial charge in [0.05, 0.1) is 12.0 Å². The molecule has 2 fully saturated rings. The van der Waals surface area contributed by atoms with Crippen LogP contribution in [0.1, 0.15) is 81.8 Å². The predicted octanol–water partition coefficient (Wildman–Crippen LogP) is 6.09. The normalized spacial score (nSPS) is 28.0. The monoisotopic (exact) mass is 379 g/mol. The molecule has 0 aliphatic heterocycles. The highest BCUT2D eigenvalue weighted by atomic mass is 16.5. The van der Waals surface area contributed by atoms with Crippen molar-refractivity contribution in [1.29, 1.82) is 5.26 Å². The van der Waals surface area contributed by atoms with Crippen LogP contribution in [-0.4, -0.2) is 12.1 Å². The summed E-state index contributed by atoms with van der Waals surface area (Å²) in [5, 5.41) is 8.63. The number of esters is 1. The molecule has 0 atom stereocenters. The summed E-state index contributed by atoms with van der Waals surface area (Å²) >= 11 is 0. The summed E-state index contributed by atoms with van der Waals surface area (Å²) in [5.74, 6) is 1.15. The lowest BCUT2D eigenvalue weighted by Crippen LogP contribution is -2.29. The first-order chi connectivity index (χ1) is 13.7. The minimum absolute atomic E-state index is 0.0211. The van der Waals surface area contributed by atoms with Gasteiger partial charge >= 0.3 is 5.97 Å². The summed E-state index contributed by atoms with van der Waals surface area (Å²) < 4.78 is 5.84. The Hall–Kier alpha value is -2.08. The minimum atomic E-state index is 0.0211. The van der Waals surface area contributed by atoms with Gasteiger partial charge in [0.15, 0.2) is 0 Å². The summed E-state index contributed by atoms with van der Waals surface area (Å²) in [5.41, 5.74) is 2.84. The molecule has 3 rings (SSSR count). The van der Waals surface area contributed by atoms with Gasteiger partial charge in [0.1, 0.15) is 6.10 Å². The van der Waals surface area contributed by atoms with Crippen molar-refractivity contribution in [3.8, 4) is 6.07 Å². The van der Waals surface area contributed by atoms with E-state index < -0.39 is 0 Å². The average molecular weight is 380 g/mol. The van der Waals surface area contributed by atoms with E-state index in [1.807, 2.05) is 6.08 Å². The van der Waals surface area contributed by atoms with Gasteiger partial charge in [0.2, 0.25) is 0 Å². The molecule has 0 aromatic heterocycles. The molecule has 2 saturated carbocycles. The van der Waals surface area contributed by atoms with Crippen molar-refractivity contribution >= 4 is 5.97 Å². The molecule has 0 spiro atoms. The number of ether oxygens (including phenoxy) is 1. The summed E-state index contributed by atoms with van der Waals surface area (Å²) in [6, 6.07) is 11.2. The van der Waals surface area contributed by atoms with Crippen LogP contribution in [0.2, 0.25) is 0 Å². The standard InChI is InChI=1S/C25H33NO2/c1-2-4-19-6-10-21(11-7-19)22-12-14-23(15-13-22)25(27)28-24-16-8-20(9-17-24)5-3-18-26/h3,5-7,10-11,20,22-24H,2,4,8-9,12-17H2,1H3/b5-3+. The first kappa shape index (κ1) is 20.6. The van der Waals surface area contributed by atoms with E-state index in [9.17, 15) is 4.79 Å². The molecule has 0 unspecified atom stereocenters. The van der Waals surface area contributed by atoms with E-state index in [2.05, 4.69) is 37.3 Å². The van der Waals surface area contributed by atoms with Crippen LogP contribution in [-0.2, 0) is 16.0 Å². The van der Waals surface area contributed by atoms with Gasteiger partial charge in [0.25, 0.3) is 0 Å². The number of nitrogens with zero attached hydrogens (tertiary/aromatic N) is 1. The van der Waals surface area contributed by atoms with Crippen LogP contribution in [0.5, 0.6) is 0 Å². The van der Waals surface area contributed by atoms with E-state index in [0.29, 0.717) is 11.8 Å². The number of carbonyl (C=O) groups is 1. The number of rotatable bonds is 6. The van der Waals surface area contributed by atoms with Gasteiger partial charge < -0.3 is 4.74 Å². The molecule has 150 valence electrons. The number of aryl methyl sites for hydroxylation is 1. The molecule has 28 heavy (non-hydrogen) atoms.